The minimum absolute atomic E-state index is 0.133. The summed E-state index contributed by atoms with van der Waals surface area (Å²) in [5.41, 5.74) is 7.03. The van der Waals surface area contributed by atoms with Crippen LogP contribution in [0, 0.1) is 11.3 Å². The predicted molar refractivity (Wildman–Crippen MR) is 64.4 cm³/mol. The van der Waals surface area contributed by atoms with Gasteiger partial charge >= 0.3 is 0 Å². The van der Waals surface area contributed by atoms with Gasteiger partial charge in [0.1, 0.15) is 0 Å². The molecule has 1 fully saturated rings. The standard InChI is InChI=1S/C11H22N4O2/c1-7(2)8(9(16)14-13)15-5-4-11(3,6-15)10(12)17/h7-8H,4-6,13H2,1-3H3,(H2,12,17)(H,14,16). The summed E-state index contributed by atoms with van der Waals surface area (Å²) < 4.78 is 0. The van der Waals surface area contributed by atoms with Crippen LogP contribution in [0.3, 0.4) is 0 Å². The Hall–Kier alpha value is -1.14. The number of nitrogens with zero attached hydrogens (tertiary/aromatic N) is 1. The molecule has 0 radical (unpaired) electrons. The molecule has 5 N–H and O–H groups in total. The van der Waals surface area contributed by atoms with Crippen LogP contribution in [-0.2, 0) is 9.59 Å². The average Bonchev–Trinajstić information content (AvgIpc) is 2.61. The number of rotatable bonds is 4. The van der Waals surface area contributed by atoms with Gasteiger partial charge in [-0.2, -0.15) is 0 Å². The normalized spacial score (nSPS) is 27.1. The molecule has 0 bridgehead atoms. The summed E-state index contributed by atoms with van der Waals surface area (Å²) in [7, 11) is 0. The molecular weight excluding hydrogens is 220 g/mol. The van der Waals surface area contributed by atoms with Gasteiger partial charge in [0.25, 0.3) is 5.91 Å². The quantitative estimate of drug-likeness (QED) is 0.341. The van der Waals surface area contributed by atoms with Gasteiger partial charge < -0.3 is 5.73 Å². The van der Waals surface area contributed by atoms with Crippen molar-refractivity contribution >= 4 is 11.8 Å². The Morgan fingerprint density at radius 2 is 2.00 bits per heavy atom. The van der Waals surface area contributed by atoms with E-state index in [1.807, 2.05) is 25.7 Å². The van der Waals surface area contributed by atoms with Crippen LogP contribution in [0.4, 0.5) is 0 Å². The van der Waals surface area contributed by atoms with Crippen LogP contribution >= 0.6 is 0 Å². The lowest BCUT2D eigenvalue weighted by molar-refractivity contribution is -0.130. The maximum absolute atomic E-state index is 11.7. The molecule has 2 amide bonds. The van der Waals surface area contributed by atoms with Crippen LogP contribution in [0.15, 0.2) is 0 Å². The Kier molecular flexibility index (Phi) is 4.11. The third-order valence-corrected chi connectivity index (χ3v) is 3.53. The number of likely N-dealkylation sites (tertiary alicyclic amines) is 1. The van der Waals surface area contributed by atoms with Crippen molar-refractivity contribution in [3.05, 3.63) is 0 Å². The van der Waals surface area contributed by atoms with E-state index >= 15 is 0 Å². The first-order chi connectivity index (χ1) is 7.81. The number of hydrogen-bond donors (Lipinski definition) is 3. The van der Waals surface area contributed by atoms with Crippen LogP contribution in [-0.4, -0.2) is 35.8 Å². The fourth-order valence-electron chi connectivity index (χ4n) is 2.41. The molecule has 0 spiro atoms. The van der Waals surface area contributed by atoms with E-state index in [-0.39, 0.29) is 23.8 Å². The van der Waals surface area contributed by atoms with E-state index in [4.69, 9.17) is 11.6 Å². The molecule has 1 heterocycles. The van der Waals surface area contributed by atoms with E-state index in [1.165, 1.54) is 0 Å². The maximum atomic E-state index is 11.7. The fourth-order valence-corrected chi connectivity index (χ4v) is 2.41. The van der Waals surface area contributed by atoms with Crippen LogP contribution in [0.5, 0.6) is 0 Å². The first-order valence-electron chi connectivity index (χ1n) is 5.86. The zero-order chi connectivity index (χ0) is 13.2. The summed E-state index contributed by atoms with van der Waals surface area (Å²) in [6, 6.07) is -0.304. The molecule has 0 saturated carbocycles. The number of hydrazine groups is 1. The van der Waals surface area contributed by atoms with E-state index in [0.717, 1.165) is 0 Å². The molecule has 0 aromatic heterocycles. The minimum Gasteiger partial charge on any atom is -0.369 e. The van der Waals surface area contributed by atoms with Crippen molar-refractivity contribution in [1.29, 1.82) is 0 Å². The molecule has 1 aliphatic heterocycles. The summed E-state index contributed by atoms with van der Waals surface area (Å²) in [5.74, 6) is 4.80. The molecule has 1 aliphatic rings. The molecule has 98 valence electrons. The number of nitrogens with two attached hydrogens (primary N) is 2. The molecule has 0 aromatic carbocycles. The highest BCUT2D eigenvalue weighted by Crippen LogP contribution is 2.32. The second-order valence-corrected chi connectivity index (χ2v) is 5.34. The Balaban J connectivity index is 2.80. The lowest BCUT2D eigenvalue weighted by atomic mass is 9.89. The first-order valence-corrected chi connectivity index (χ1v) is 5.86. The SMILES string of the molecule is CC(C)C(C(=O)NN)N1CCC(C)(C(N)=O)C1. The molecule has 0 aromatic rings. The molecule has 6 heteroatoms. The molecule has 17 heavy (non-hydrogen) atoms. The Morgan fingerprint density at radius 3 is 2.35 bits per heavy atom. The lowest BCUT2D eigenvalue weighted by Crippen LogP contribution is -2.52. The highest BCUT2D eigenvalue weighted by Gasteiger charge is 2.43. The van der Waals surface area contributed by atoms with Crippen molar-refractivity contribution < 1.29 is 9.59 Å². The number of carbonyl (C=O) groups excluding carboxylic acids is 2. The van der Waals surface area contributed by atoms with Gasteiger partial charge in [-0.3, -0.25) is 19.9 Å². The van der Waals surface area contributed by atoms with Gasteiger partial charge in [0.2, 0.25) is 5.91 Å². The molecule has 2 unspecified atom stereocenters. The zero-order valence-electron chi connectivity index (χ0n) is 10.7. The fraction of sp³-hybridized carbons (Fsp3) is 0.818. The predicted octanol–water partition coefficient (Wildman–Crippen LogP) is -0.802. The summed E-state index contributed by atoms with van der Waals surface area (Å²) in [6.45, 7) is 6.96. The van der Waals surface area contributed by atoms with Gasteiger partial charge in [-0.15, -0.1) is 0 Å². The summed E-state index contributed by atoms with van der Waals surface area (Å²) in [4.78, 5) is 25.1. The Bertz CT molecular complexity index is 319. The van der Waals surface area contributed by atoms with E-state index < -0.39 is 5.41 Å². The smallest absolute Gasteiger partial charge is 0.251 e. The van der Waals surface area contributed by atoms with Crippen molar-refractivity contribution in [2.24, 2.45) is 22.9 Å². The van der Waals surface area contributed by atoms with Crippen LogP contribution in [0.25, 0.3) is 0 Å². The van der Waals surface area contributed by atoms with Crippen molar-refractivity contribution in [3.8, 4) is 0 Å². The van der Waals surface area contributed by atoms with Crippen LogP contribution in [0.1, 0.15) is 27.2 Å². The number of amides is 2. The van der Waals surface area contributed by atoms with Crippen LogP contribution in [0.2, 0.25) is 0 Å². The van der Waals surface area contributed by atoms with E-state index in [0.29, 0.717) is 19.5 Å². The van der Waals surface area contributed by atoms with Gasteiger partial charge in [-0.05, 0) is 19.3 Å². The highest BCUT2D eigenvalue weighted by molar-refractivity contribution is 5.83. The number of nitrogens with one attached hydrogen (secondary N) is 1. The number of hydrogen-bond acceptors (Lipinski definition) is 4. The second-order valence-electron chi connectivity index (χ2n) is 5.34. The van der Waals surface area contributed by atoms with Gasteiger partial charge in [0, 0.05) is 13.1 Å². The molecular formula is C11H22N4O2. The topological polar surface area (TPSA) is 101 Å². The molecule has 0 aliphatic carbocycles. The van der Waals surface area contributed by atoms with E-state index in [9.17, 15) is 9.59 Å². The van der Waals surface area contributed by atoms with Crippen LogP contribution < -0.4 is 17.0 Å². The van der Waals surface area contributed by atoms with Crippen molar-refractivity contribution in [2.45, 2.75) is 33.2 Å². The molecule has 6 nitrogen and oxygen atoms in total. The Morgan fingerprint density at radius 1 is 1.41 bits per heavy atom. The monoisotopic (exact) mass is 242 g/mol. The Labute approximate surface area is 102 Å². The van der Waals surface area contributed by atoms with Gasteiger partial charge in [0.05, 0.1) is 11.5 Å². The number of primary amides is 1. The summed E-state index contributed by atoms with van der Waals surface area (Å²) in [6.07, 6.45) is 0.684. The molecule has 1 saturated heterocycles. The third kappa shape index (κ3) is 2.76. The highest BCUT2D eigenvalue weighted by atomic mass is 16.2. The second kappa shape index (κ2) is 5.01. The maximum Gasteiger partial charge on any atom is 0.251 e. The minimum atomic E-state index is -0.540. The summed E-state index contributed by atoms with van der Waals surface area (Å²) in [5, 5.41) is 0. The van der Waals surface area contributed by atoms with Crippen molar-refractivity contribution in [2.75, 3.05) is 13.1 Å². The van der Waals surface area contributed by atoms with E-state index in [1.54, 1.807) is 0 Å². The first kappa shape index (κ1) is 13.9. The summed E-state index contributed by atoms with van der Waals surface area (Å²) >= 11 is 0. The van der Waals surface area contributed by atoms with Crippen molar-refractivity contribution in [1.82, 2.24) is 10.3 Å². The zero-order valence-corrected chi connectivity index (χ0v) is 10.7. The lowest BCUT2D eigenvalue weighted by Gasteiger charge is -2.30. The average molecular weight is 242 g/mol. The number of carbonyl (C=O) groups is 2. The largest absolute Gasteiger partial charge is 0.369 e. The van der Waals surface area contributed by atoms with Gasteiger partial charge in [0.15, 0.2) is 0 Å². The van der Waals surface area contributed by atoms with Gasteiger partial charge in [-0.25, -0.2) is 5.84 Å². The molecule has 2 atom stereocenters. The molecule has 1 rings (SSSR count). The third-order valence-electron chi connectivity index (χ3n) is 3.53. The van der Waals surface area contributed by atoms with Gasteiger partial charge in [-0.1, -0.05) is 13.8 Å². The van der Waals surface area contributed by atoms with Crippen molar-refractivity contribution in [3.63, 3.8) is 0 Å². The van der Waals surface area contributed by atoms with E-state index in [2.05, 4.69) is 5.43 Å².